The Labute approximate surface area is 125 Å². The van der Waals surface area contributed by atoms with Gasteiger partial charge in [-0.25, -0.2) is 0 Å². The molecule has 3 N–H and O–H groups in total. The summed E-state index contributed by atoms with van der Waals surface area (Å²) in [6.07, 6.45) is 6.88. The van der Waals surface area contributed by atoms with E-state index in [2.05, 4.69) is 16.8 Å². The second-order valence-electron chi connectivity index (χ2n) is 5.09. The van der Waals surface area contributed by atoms with Crippen molar-refractivity contribution < 1.29 is 9.90 Å². The Kier molecular flexibility index (Phi) is 5.73. The number of likely N-dealkylation sites (tertiary alicyclic amines) is 1. The Bertz CT molecular complexity index is 546. The summed E-state index contributed by atoms with van der Waals surface area (Å²) in [5, 5.41) is 9.18. The largest absolute Gasteiger partial charge is 0.396 e. The molecule has 5 heteroatoms. The van der Waals surface area contributed by atoms with Gasteiger partial charge in [0.05, 0.1) is 17.7 Å². The zero-order valence-electron chi connectivity index (χ0n) is 12.1. The molecule has 1 amide bonds. The molecule has 0 aliphatic carbocycles. The van der Waals surface area contributed by atoms with Gasteiger partial charge in [-0.15, -0.1) is 0 Å². The number of rotatable bonds is 3. The van der Waals surface area contributed by atoms with E-state index in [4.69, 9.17) is 5.73 Å². The molecule has 1 fully saturated rings. The molecule has 0 spiro atoms. The Morgan fingerprint density at radius 2 is 2.38 bits per heavy atom. The molecular weight excluding hydrogens is 266 g/mol. The maximum atomic E-state index is 12.8. The van der Waals surface area contributed by atoms with E-state index in [1.165, 1.54) is 0 Å². The fraction of sp³-hybridized carbons (Fsp3) is 0.500. The lowest BCUT2D eigenvalue weighted by atomic mass is 9.98. The minimum Gasteiger partial charge on any atom is -0.396 e. The van der Waals surface area contributed by atoms with E-state index in [0.29, 0.717) is 17.5 Å². The summed E-state index contributed by atoms with van der Waals surface area (Å²) in [6, 6.07) is 1.81. The van der Waals surface area contributed by atoms with Gasteiger partial charge in [-0.05, 0) is 31.7 Å². The van der Waals surface area contributed by atoms with E-state index < -0.39 is 0 Å². The van der Waals surface area contributed by atoms with Gasteiger partial charge in [0.15, 0.2) is 0 Å². The minimum atomic E-state index is -0.0307. The number of aliphatic hydroxyl groups is 1. The predicted octanol–water partition coefficient (Wildman–Crippen LogP) is 0.769. The van der Waals surface area contributed by atoms with Crippen molar-refractivity contribution in [3.05, 3.63) is 29.6 Å². The fourth-order valence-corrected chi connectivity index (χ4v) is 2.70. The van der Waals surface area contributed by atoms with Crippen LogP contribution in [-0.4, -0.2) is 46.6 Å². The average Bonchev–Trinajstić information content (AvgIpc) is 2.53. The van der Waals surface area contributed by atoms with Crippen molar-refractivity contribution in [3.63, 3.8) is 0 Å². The maximum Gasteiger partial charge on any atom is 0.255 e. The van der Waals surface area contributed by atoms with Crippen molar-refractivity contribution in [3.8, 4) is 11.8 Å². The first-order valence-electron chi connectivity index (χ1n) is 7.32. The highest BCUT2D eigenvalue weighted by atomic mass is 16.3. The quantitative estimate of drug-likeness (QED) is 0.805. The van der Waals surface area contributed by atoms with Gasteiger partial charge in [0.25, 0.3) is 5.91 Å². The van der Waals surface area contributed by atoms with Crippen LogP contribution in [0.3, 0.4) is 0 Å². The molecule has 5 nitrogen and oxygen atoms in total. The highest BCUT2D eigenvalue weighted by Gasteiger charge is 2.28. The van der Waals surface area contributed by atoms with Crippen LogP contribution in [0.25, 0.3) is 0 Å². The van der Waals surface area contributed by atoms with Gasteiger partial charge in [-0.2, -0.15) is 0 Å². The first-order chi connectivity index (χ1) is 10.3. The Morgan fingerprint density at radius 3 is 3.14 bits per heavy atom. The minimum absolute atomic E-state index is 0.0307. The van der Waals surface area contributed by atoms with Gasteiger partial charge in [0.2, 0.25) is 0 Å². The SMILES string of the molecule is NCC#Cc1cnccc1C(=O)N1CCCCC1CCO. The van der Waals surface area contributed by atoms with Gasteiger partial charge in [-0.1, -0.05) is 11.8 Å². The lowest BCUT2D eigenvalue weighted by molar-refractivity contribution is 0.0574. The van der Waals surface area contributed by atoms with Crippen molar-refractivity contribution in [1.29, 1.82) is 0 Å². The number of carbonyl (C=O) groups excluding carboxylic acids is 1. The zero-order chi connectivity index (χ0) is 15.1. The molecule has 1 aliphatic heterocycles. The van der Waals surface area contributed by atoms with Gasteiger partial charge in [-0.3, -0.25) is 9.78 Å². The first-order valence-corrected chi connectivity index (χ1v) is 7.32. The lowest BCUT2D eigenvalue weighted by Gasteiger charge is -2.35. The normalized spacial score (nSPS) is 18.0. The van der Waals surface area contributed by atoms with Crippen molar-refractivity contribution in [2.75, 3.05) is 19.7 Å². The number of nitrogens with two attached hydrogens (primary N) is 1. The zero-order valence-corrected chi connectivity index (χ0v) is 12.1. The fourth-order valence-electron chi connectivity index (χ4n) is 2.70. The Hall–Kier alpha value is -1.90. The van der Waals surface area contributed by atoms with Gasteiger partial charge >= 0.3 is 0 Å². The van der Waals surface area contributed by atoms with Crippen LogP contribution in [0, 0.1) is 11.8 Å². The third kappa shape index (κ3) is 3.81. The predicted molar refractivity (Wildman–Crippen MR) is 80.5 cm³/mol. The molecule has 2 heterocycles. The summed E-state index contributed by atoms with van der Waals surface area (Å²) in [4.78, 5) is 18.7. The average molecular weight is 287 g/mol. The van der Waals surface area contributed by atoms with Gasteiger partial charge < -0.3 is 15.7 Å². The second kappa shape index (κ2) is 7.77. The van der Waals surface area contributed by atoms with Crippen molar-refractivity contribution in [2.45, 2.75) is 31.7 Å². The van der Waals surface area contributed by atoms with Crippen LogP contribution in [0.1, 0.15) is 41.6 Å². The summed E-state index contributed by atoms with van der Waals surface area (Å²) in [6.45, 7) is 1.08. The summed E-state index contributed by atoms with van der Waals surface area (Å²) in [5.41, 5.74) is 6.57. The molecular formula is C16H21N3O2. The molecule has 2 rings (SSSR count). The molecule has 0 radical (unpaired) electrons. The van der Waals surface area contributed by atoms with E-state index in [-0.39, 0.29) is 25.1 Å². The van der Waals surface area contributed by atoms with Crippen molar-refractivity contribution in [1.82, 2.24) is 9.88 Å². The monoisotopic (exact) mass is 287 g/mol. The number of carbonyl (C=O) groups is 1. The van der Waals surface area contributed by atoms with Crippen molar-refractivity contribution in [2.24, 2.45) is 5.73 Å². The van der Waals surface area contributed by atoms with Gasteiger partial charge in [0, 0.05) is 31.6 Å². The van der Waals surface area contributed by atoms with E-state index in [1.807, 2.05) is 4.90 Å². The molecule has 1 unspecified atom stereocenters. The third-order valence-electron chi connectivity index (χ3n) is 3.73. The summed E-state index contributed by atoms with van der Waals surface area (Å²) < 4.78 is 0. The van der Waals surface area contributed by atoms with E-state index in [0.717, 1.165) is 25.8 Å². The summed E-state index contributed by atoms with van der Waals surface area (Å²) in [7, 11) is 0. The number of nitrogens with zero attached hydrogens (tertiary/aromatic N) is 2. The second-order valence-corrected chi connectivity index (χ2v) is 5.09. The summed E-state index contributed by atoms with van der Waals surface area (Å²) in [5.74, 6) is 5.64. The first kappa shape index (κ1) is 15.5. The molecule has 112 valence electrons. The smallest absolute Gasteiger partial charge is 0.255 e. The highest BCUT2D eigenvalue weighted by Crippen LogP contribution is 2.22. The standard InChI is InChI=1S/C16H21N3O2/c17-8-3-4-13-12-18-9-6-15(13)16(21)19-10-2-1-5-14(19)7-11-20/h6,9,12,14,20H,1-2,5,7-8,10-11,17H2. The van der Waals surface area contributed by atoms with E-state index in [9.17, 15) is 9.90 Å². The molecule has 0 bridgehead atoms. The number of hydrogen-bond donors (Lipinski definition) is 2. The molecule has 0 aromatic carbocycles. The van der Waals surface area contributed by atoms with E-state index in [1.54, 1.807) is 18.5 Å². The van der Waals surface area contributed by atoms with Crippen LogP contribution in [-0.2, 0) is 0 Å². The molecule has 1 aromatic heterocycles. The van der Waals surface area contributed by atoms with Crippen LogP contribution in [0.2, 0.25) is 0 Å². The highest BCUT2D eigenvalue weighted by molar-refractivity contribution is 5.96. The number of amides is 1. The number of hydrogen-bond acceptors (Lipinski definition) is 4. The number of pyridine rings is 1. The molecule has 1 saturated heterocycles. The lowest BCUT2D eigenvalue weighted by Crippen LogP contribution is -2.44. The number of piperidine rings is 1. The van der Waals surface area contributed by atoms with Crippen LogP contribution < -0.4 is 5.73 Å². The summed E-state index contributed by atoms with van der Waals surface area (Å²) >= 11 is 0. The Morgan fingerprint density at radius 1 is 1.52 bits per heavy atom. The van der Waals surface area contributed by atoms with Crippen molar-refractivity contribution >= 4 is 5.91 Å². The number of aliphatic hydroxyl groups excluding tert-OH is 1. The maximum absolute atomic E-state index is 12.8. The molecule has 1 atom stereocenters. The topological polar surface area (TPSA) is 79.5 Å². The molecule has 21 heavy (non-hydrogen) atoms. The van der Waals surface area contributed by atoms with Crippen LogP contribution in [0.4, 0.5) is 0 Å². The molecule has 1 aliphatic rings. The third-order valence-corrected chi connectivity index (χ3v) is 3.73. The molecule has 0 saturated carbocycles. The Balaban J connectivity index is 2.26. The molecule has 1 aromatic rings. The van der Waals surface area contributed by atoms with E-state index >= 15 is 0 Å². The van der Waals surface area contributed by atoms with Crippen LogP contribution >= 0.6 is 0 Å². The van der Waals surface area contributed by atoms with Crippen LogP contribution in [0.15, 0.2) is 18.5 Å². The van der Waals surface area contributed by atoms with Crippen LogP contribution in [0.5, 0.6) is 0 Å². The van der Waals surface area contributed by atoms with Gasteiger partial charge in [0.1, 0.15) is 0 Å². The number of aromatic nitrogens is 1.